The van der Waals surface area contributed by atoms with E-state index in [1.807, 2.05) is 18.2 Å². The molecule has 0 unspecified atom stereocenters. The molecule has 182 valence electrons. The molecule has 0 bridgehead atoms. The van der Waals surface area contributed by atoms with Crippen molar-refractivity contribution in [3.8, 4) is 11.3 Å². The maximum Gasteiger partial charge on any atom is 0.269 e. The summed E-state index contributed by atoms with van der Waals surface area (Å²) >= 11 is 1.49. The summed E-state index contributed by atoms with van der Waals surface area (Å²) in [5.74, 6) is -0.0987. The molecular formula is C28H31N3O3S. The molecule has 7 heteroatoms. The van der Waals surface area contributed by atoms with Crippen molar-refractivity contribution in [2.24, 2.45) is 4.99 Å². The van der Waals surface area contributed by atoms with Gasteiger partial charge in [0.1, 0.15) is 4.88 Å². The minimum absolute atomic E-state index is 0.0127. The average Bonchev–Trinajstić information content (AvgIpc) is 3.29. The number of benzene rings is 2. The number of nitro benzene ring substituents is 1. The fourth-order valence-electron chi connectivity index (χ4n) is 5.41. The third kappa shape index (κ3) is 5.15. The molecule has 0 aliphatic heterocycles. The second kappa shape index (κ2) is 10.7. The smallest absolute Gasteiger partial charge is 0.269 e. The summed E-state index contributed by atoms with van der Waals surface area (Å²) in [6.07, 6.45) is 11.7. The van der Waals surface area contributed by atoms with Gasteiger partial charge in [-0.1, -0.05) is 80.2 Å². The van der Waals surface area contributed by atoms with Crippen LogP contribution in [-0.4, -0.2) is 21.3 Å². The highest BCUT2D eigenvalue weighted by atomic mass is 32.1. The van der Waals surface area contributed by atoms with Crippen molar-refractivity contribution < 1.29 is 9.72 Å². The van der Waals surface area contributed by atoms with E-state index < -0.39 is 4.92 Å². The Kier molecular flexibility index (Phi) is 7.23. The number of carbonyl (C=O) groups excluding carboxylic acids is 1. The number of carbonyl (C=O) groups is 1. The molecule has 35 heavy (non-hydrogen) atoms. The SMILES string of the molecule is O=C(c1ccc([N+](=O)[O-])cc1)c1sc(=NC2CCCCC2)n(C2CCCCC2)c1-c1ccccc1. The topological polar surface area (TPSA) is 77.5 Å². The maximum absolute atomic E-state index is 13.8. The van der Waals surface area contributed by atoms with Crippen molar-refractivity contribution in [2.45, 2.75) is 76.3 Å². The predicted octanol–water partition coefficient (Wildman–Crippen LogP) is 7.09. The van der Waals surface area contributed by atoms with Crippen LogP contribution >= 0.6 is 11.3 Å². The van der Waals surface area contributed by atoms with Crippen LogP contribution in [0.5, 0.6) is 0 Å². The lowest BCUT2D eigenvalue weighted by Crippen LogP contribution is -2.26. The van der Waals surface area contributed by atoms with Gasteiger partial charge in [-0.05, 0) is 43.4 Å². The van der Waals surface area contributed by atoms with Crippen LogP contribution in [0.25, 0.3) is 11.3 Å². The minimum Gasteiger partial charge on any atom is -0.313 e. The minimum atomic E-state index is -0.438. The van der Waals surface area contributed by atoms with Crippen LogP contribution in [-0.2, 0) is 0 Å². The summed E-state index contributed by atoms with van der Waals surface area (Å²) in [7, 11) is 0. The zero-order chi connectivity index (χ0) is 24.2. The largest absolute Gasteiger partial charge is 0.313 e. The van der Waals surface area contributed by atoms with Gasteiger partial charge in [0.25, 0.3) is 5.69 Å². The van der Waals surface area contributed by atoms with Gasteiger partial charge in [-0.25, -0.2) is 0 Å². The fraction of sp³-hybridized carbons (Fsp3) is 0.429. The molecular weight excluding hydrogens is 458 g/mol. The van der Waals surface area contributed by atoms with Crippen molar-refractivity contribution in [3.63, 3.8) is 0 Å². The van der Waals surface area contributed by atoms with E-state index in [4.69, 9.17) is 4.99 Å². The van der Waals surface area contributed by atoms with Crippen LogP contribution in [0.15, 0.2) is 59.6 Å². The Hall–Kier alpha value is -3.06. The van der Waals surface area contributed by atoms with Crippen molar-refractivity contribution >= 4 is 22.8 Å². The molecule has 0 radical (unpaired) electrons. The molecule has 2 saturated carbocycles. The molecule has 0 atom stereocenters. The quantitative estimate of drug-likeness (QED) is 0.211. The van der Waals surface area contributed by atoms with E-state index >= 15 is 0 Å². The van der Waals surface area contributed by atoms with E-state index in [-0.39, 0.29) is 11.5 Å². The summed E-state index contributed by atoms with van der Waals surface area (Å²) in [6, 6.07) is 16.7. The number of rotatable bonds is 6. The number of aromatic nitrogens is 1. The number of hydrogen-bond donors (Lipinski definition) is 0. The monoisotopic (exact) mass is 489 g/mol. The lowest BCUT2D eigenvalue weighted by Gasteiger charge is -2.26. The van der Waals surface area contributed by atoms with E-state index in [0.29, 0.717) is 22.5 Å². The Balaban J connectivity index is 1.68. The first kappa shape index (κ1) is 23.7. The van der Waals surface area contributed by atoms with Crippen molar-refractivity contribution in [1.29, 1.82) is 0 Å². The second-order valence-electron chi connectivity index (χ2n) is 9.64. The summed E-state index contributed by atoms with van der Waals surface area (Å²) in [6.45, 7) is 0. The molecule has 2 aliphatic carbocycles. The van der Waals surface area contributed by atoms with Crippen LogP contribution in [0.4, 0.5) is 5.69 Å². The standard InChI is InChI=1S/C28H31N3O3S/c32-26(21-16-18-24(19-17-21)31(33)34)27-25(20-10-4-1-5-11-20)30(23-14-8-3-9-15-23)28(35-27)29-22-12-6-2-7-13-22/h1,4-5,10-11,16-19,22-23H,2-3,6-9,12-15H2. The van der Waals surface area contributed by atoms with Gasteiger partial charge in [0.2, 0.25) is 5.78 Å². The highest BCUT2D eigenvalue weighted by molar-refractivity contribution is 7.12. The second-order valence-corrected chi connectivity index (χ2v) is 10.6. The molecule has 5 rings (SSSR count). The Bertz CT molecular complexity index is 1250. The Morgan fingerprint density at radius 1 is 0.886 bits per heavy atom. The molecule has 2 aliphatic rings. The summed E-state index contributed by atoms with van der Waals surface area (Å²) in [5.41, 5.74) is 2.42. The number of hydrogen-bond acceptors (Lipinski definition) is 5. The average molecular weight is 490 g/mol. The molecule has 0 amide bonds. The lowest BCUT2D eigenvalue weighted by molar-refractivity contribution is -0.384. The van der Waals surface area contributed by atoms with Crippen molar-refractivity contribution in [1.82, 2.24) is 4.57 Å². The van der Waals surface area contributed by atoms with Crippen molar-refractivity contribution in [3.05, 3.63) is 80.0 Å². The normalized spacial score (nSPS) is 18.0. The van der Waals surface area contributed by atoms with Gasteiger partial charge in [0.05, 0.1) is 16.7 Å². The first-order chi connectivity index (χ1) is 17.1. The van der Waals surface area contributed by atoms with E-state index in [2.05, 4.69) is 16.7 Å². The zero-order valence-electron chi connectivity index (χ0n) is 19.9. The van der Waals surface area contributed by atoms with Gasteiger partial charge in [-0.15, -0.1) is 0 Å². The summed E-state index contributed by atoms with van der Waals surface area (Å²) in [5, 5.41) is 11.1. The highest BCUT2D eigenvalue weighted by Crippen LogP contribution is 2.36. The number of non-ortho nitro benzene ring substituents is 1. The van der Waals surface area contributed by atoms with Crippen LogP contribution in [0, 0.1) is 10.1 Å². The molecule has 2 aromatic carbocycles. The Labute approximate surface area is 209 Å². The number of ketones is 1. The first-order valence-corrected chi connectivity index (χ1v) is 13.6. The van der Waals surface area contributed by atoms with Gasteiger partial charge < -0.3 is 4.57 Å². The summed E-state index contributed by atoms with van der Waals surface area (Å²) in [4.78, 5) is 31.4. The van der Waals surface area contributed by atoms with E-state index in [1.54, 1.807) is 12.1 Å². The predicted molar refractivity (Wildman–Crippen MR) is 139 cm³/mol. The third-order valence-corrected chi connectivity index (χ3v) is 8.32. The molecule has 1 aromatic heterocycles. The van der Waals surface area contributed by atoms with Gasteiger partial charge in [-0.2, -0.15) is 0 Å². The number of nitro groups is 1. The van der Waals surface area contributed by atoms with Crippen LogP contribution in [0.2, 0.25) is 0 Å². The highest BCUT2D eigenvalue weighted by Gasteiger charge is 2.28. The van der Waals surface area contributed by atoms with Gasteiger partial charge in [0, 0.05) is 23.7 Å². The Morgan fingerprint density at radius 3 is 2.14 bits per heavy atom. The van der Waals surface area contributed by atoms with Gasteiger partial charge in [-0.3, -0.25) is 19.9 Å². The van der Waals surface area contributed by atoms with Crippen molar-refractivity contribution in [2.75, 3.05) is 0 Å². The molecule has 0 saturated heterocycles. The summed E-state index contributed by atoms with van der Waals surface area (Å²) < 4.78 is 2.37. The van der Waals surface area contributed by atoms with E-state index in [0.717, 1.165) is 41.7 Å². The van der Waals surface area contributed by atoms with Crippen LogP contribution in [0.3, 0.4) is 0 Å². The van der Waals surface area contributed by atoms with E-state index in [1.165, 1.54) is 62.0 Å². The zero-order valence-corrected chi connectivity index (χ0v) is 20.7. The first-order valence-electron chi connectivity index (χ1n) is 12.8. The van der Waals surface area contributed by atoms with E-state index in [9.17, 15) is 14.9 Å². The Morgan fingerprint density at radius 2 is 1.51 bits per heavy atom. The lowest BCUT2D eigenvalue weighted by atomic mass is 9.94. The molecule has 0 N–H and O–H groups in total. The third-order valence-electron chi connectivity index (χ3n) is 7.26. The molecule has 0 spiro atoms. The van der Waals surface area contributed by atoms with Gasteiger partial charge in [0.15, 0.2) is 4.80 Å². The number of nitrogens with zero attached hydrogens (tertiary/aromatic N) is 3. The molecule has 2 fully saturated rings. The molecule has 1 heterocycles. The molecule has 6 nitrogen and oxygen atoms in total. The fourth-order valence-corrected chi connectivity index (χ4v) is 6.66. The number of thiazole rings is 1. The van der Waals surface area contributed by atoms with Crippen LogP contribution < -0.4 is 4.80 Å². The van der Waals surface area contributed by atoms with Gasteiger partial charge >= 0.3 is 0 Å². The van der Waals surface area contributed by atoms with Crippen LogP contribution in [0.1, 0.15) is 85.5 Å². The molecule has 3 aromatic rings. The maximum atomic E-state index is 13.8.